The second-order valence-electron chi connectivity index (χ2n) is 5.61. The highest BCUT2D eigenvalue weighted by Gasteiger charge is 2.25. The monoisotopic (exact) mass is 290 g/mol. The standard InChI is InChI=1S/C14H18N4OS/c1-2-10(1)5-15-6-12-7-18-13(8-19-12)14(16-17-18)11-3-4-20-9-11/h3-4,9-10,12,15H,1-2,5-8H2. The lowest BCUT2D eigenvalue weighted by atomic mass is 10.2. The molecule has 1 fully saturated rings. The van der Waals surface area contributed by atoms with Gasteiger partial charge in [-0.25, -0.2) is 4.68 Å². The summed E-state index contributed by atoms with van der Waals surface area (Å²) in [5, 5.41) is 16.3. The molecule has 0 saturated heterocycles. The Bertz CT molecular complexity index is 576. The predicted octanol–water partition coefficient (Wildman–Crippen LogP) is 1.90. The molecule has 0 spiro atoms. The van der Waals surface area contributed by atoms with Gasteiger partial charge in [0.1, 0.15) is 5.69 Å². The molecule has 4 rings (SSSR count). The Morgan fingerprint density at radius 3 is 3.15 bits per heavy atom. The first kappa shape index (κ1) is 12.5. The van der Waals surface area contributed by atoms with Crippen molar-refractivity contribution in [3.05, 3.63) is 22.5 Å². The molecule has 2 aromatic heterocycles. The normalized spacial score (nSPS) is 21.9. The van der Waals surface area contributed by atoms with Gasteiger partial charge in [0, 0.05) is 17.5 Å². The van der Waals surface area contributed by atoms with Crippen molar-refractivity contribution in [2.75, 3.05) is 13.1 Å². The van der Waals surface area contributed by atoms with Crippen LogP contribution in [0.4, 0.5) is 0 Å². The fourth-order valence-electron chi connectivity index (χ4n) is 2.58. The lowest BCUT2D eigenvalue weighted by Gasteiger charge is -2.24. The molecule has 1 N–H and O–H groups in total. The second-order valence-corrected chi connectivity index (χ2v) is 6.39. The average molecular weight is 290 g/mol. The Labute approximate surface area is 121 Å². The molecule has 6 heteroatoms. The van der Waals surface area contributed by atoms with E-state index >= 15 is 0 Å². The van der Waals surface area contributed by atoms with Crippen LogP contribution < -0.4 is 5.32 Å². The molecule has 1 aliphatic heterocycles. The highest BCUT2D eigenvalue weighted by Crippen LogP contribution is 2.28. The summed E-state index contributed by atoms with van der Waals surface area (Å²) in [5.41, 5.74) is 3.21. The van der Waals surface area contributed by atoms with E-state index in [9.17, 15) is 0 Å². The van der Waals surface area contributed by atoms with Crippen LogP contribution in [0.5, 0.6) is 0 Å². The van der Waals surface area contributed by atoms with E-state index in [0.717, 1.165) is 42.5 Å². The smallest absolute Gasteiger partial charge is 0.119 e. The van der Waals surface area contributed by atoms with E-state index in [4.69, 9.17) is 4.74 Å². The maximum atomic E-state index is 5.94. The predicted molar refractivity (Wildman–Crippen MR) is 77.5 cm³/mol. The van der Waals surface area contributed by atoms with Gasteiger partial charge in [0.25, 0.3) is 0 Å². The fraction of sp³-hybridized carbons (Fsp3) is 0.571. The van der Waals surface area contributed by atoms with Crippen LogP contribution in [-0.2, 0) is 17.9 Å². The molecule has 2 aliphatic rings. The van der Waals surface area contributed by atoms with Crippen molar-refractivity contribution in [3.8, 4) is 11.3 Å². The Kier molecular flexibility index (Phi) is 3.29. The van der Waals surface area contributed by atoms with Gasteiger partial charge >= 0.3 is 0 Å². The van der Waals surface area contributed by atoms with E-state index in [1.54, 1.807) is 11.3 Å². The molecule has 106 valence electrons. The number of hydrogen-bond donors (Lipinski definition) is 1. The zero-order valence-electron chi connectivity index (χ0n) is 11.3. The van der Waals surface area contributed by atoms with Crippen molar-refractivity contribution in [2.45, 2.75) is 32.1 Å². The van der Waals surface area contributed by atoms with Crippen molar-refractivity contribution in [3.63, 3.8) is 0 Å². The summed E-state index contributed by atoms with van der Waals surface area (Å²) in [4.78, 5) is 0. The van der Waals surface area contributed by atoms with E-state index in [1.165, 1.54) is 12.8 Å². The summed E-state index contributed by atoms with van der Waals surface area (Å²) in [5.74, 6) is 0.908. The minimum absolute atomic E-state index is 0.207. The van der Waals surface area contributed by atoms with E-state index in [2.05, 4.69) is 32.5 Å². The minimum atomic E-state index is 0.207. The van der Waals surface area contributed by atoms with Gasteiger partial charge in [-0.05, 0) is 36.8 Å². The van der Waals surface area contributed by atoms with Gasteiger partial charge in [-0.3, -0.25) is 0 Å². The van der Waals surface area contributed by atoms with Crippen molar-refractivity contribution in [2.24, 2.45) is 5.92 Å². The number of ether oxygens (including phenoxy) is 1. The van der Waals surface area contributed by atoms with Crippen LogP contribution in [-0.4, -0.2) is 34.2 Å². The van der Waals surface area contributed by atoms with Gasteiger partial charge < -0.3 is 10.1 Å². The molecule has 20 heavy (non-hydrogen) atoms. The van der Waals surface area contributed by atoms with Crippen molar-refractivity contribution in [1.82, 2.24) is 20.3 Å². The van der Waals surface area contributed by atoms with E-state index in [1.807, 2.05) is 4.68 Å². The third-order valence-corrected chi connectivity index (χ3v) is 4.65. The molecular formula is C14H18N4OS. The third kappa shape index (κ3) is 2.51. The Balaban J connectivity index is 1.41. The quantitative estimate of drug-likeness (QED) is 0.914. The number of fused-ring (bicyclic) bond motifs is 1. The first-order valence-corrected chi connectivity index (χ1v) is 8.11. The summed E-state index contributed by atoms with van der Waals surface area (Å²) in [6.07, 6.45) is 2.98. The van der Waals surface area contributed by atoms with Gasteiger partial charge in [-0.15, -0.1) is 5.10 Å². The molecule has 2 aromatic rings. The highest BCUT2D eigenvalue weighted by molar-refractivity contribution is 7.08. The largest absolute Gasteiger partial charge is 0.369 e. The lowest BCUT2D eigenvalue weighted by Crippen LogP contribution is -2.37. The number of nitrogens with zero attached hydrogens (tertiary/aromatic N) is 3. The maximum absolute atomic E-state index is 5.94. The van der Waals surface area contributed by atoms with E-state index in [-0.39, 0.29) is 6.10 Å². The number of thiophene rings is 1. The van der Waals surface area contributed by atoms with Crippen LogP contribution in [0.2, 0.25) is 0 Å². The summed E-state index contributed by atoms with van der Waals surface area (Å²) >= 11 is 1.68. The number of hydrogen-bond acceptors (Lipinski definition) is 5. The van der Waals surface area contributed by atoms with Crippen LogP contribution in [0.15, 0.2) is 16.8 Å². The molecule has 0 bridgehead atoms. The van der Waals surface area contributed by atoms with Crippen LogP contribution in [0.25, 0.3) is 11.3 Å². The van der Waals surface area contributed by atoms with Crippen LogP contribution in [0.1, 0.15) is 18.5 Å². The van der Waals surface area contributed by atoms with Gasteiger partial charge in [-0.2, -0.15) is 11.3 Å². The molecule has 0 aromatic carbocycles. The van der Waals surface area contributed by atoms with E-state index < -0.39 is 0 Å². The topological polar surface area (TPSA) is 52.0 Å². The van der Waals surface area contributed by atoms with Crippen molar-refractivity contribution in [1.29, 1.82) is 0 Å². The Morgan fingerprint density at radius 1 is 1.40 bits per heavy atom. The average Bonchev–Trinajstić information content (AvgIpc) is 2.98. The molecular weight excluding hydrogens is 272 g/mol. The van der Waals surface area contributed by atoms with Gasteiger partial charge in [0.2, 0.25) is 0 Å². The van der Waals surface area contributed by atoms with Crippen LogP contribution >= 0.6 is 11.3 Å². The second kappa shape index (κ2) is 5.27. The molecule has 1 unspecified atom stereocenters. The van der Waals surface area contributed by atoms with Crippen molar-refractivity contribution >= 4 is 11.3 Å². The lowest BCUT2D eigenvalue weighted by molar-refractivity contribution is 0.00139. The van der Waals surface area contributed by atoms with Crippen LogP contribution in [0, 0.1) is 5.92 Å². The van der Waals surface area contributed by atoms with Gasteiger partial charge in [-0.1, -0.05) is 5.21 Å². The Morgan fingerprint density at radius 2 is 2.35 bits per heavy atom. The molecule has 5 nitrogen and oxygen atoms in total. The van der Waals surface area contributed by atoms with Gasteiger partial charge in [0.15, 0.2) is 0 Å². The maximum Gasteiger partial charge on any atom is 0.119 e. The zero-order chi connectivity index (χ0) is 13.4. The summed E-state index contributed by atoms with van der Waals surface area (Å²) in [7, 11) is 0. The number of nitrogens with one attached hydrogen (secondary N) is 1. The molecule has 0 radical (unpaired) electrons. The molecule has 1 aliphatic carbocycles. The fourth-order valence-corrected chi connectivity index (χ4v) is 3.22. The summed E-state index contributed by atoms with van der Waals surface area (Å²) in [6, 6.07) is 2.08. The van der Waals surface area contributed by atoms with E-state index in [0.29, 0.717) is 6.61 Å². The first-order valence-electron chi connectivity index (χ1n) is 7.17. The summed E-state index contributed by atoms with van der Waals surface area (Å²) in [6.45, 7) is 3.44. The number of aromatic nitrogens is 3. The zero-order valence-corrected chi connectivity index (χ0v) is 12.1. The molecule has 1 saturated carbocycles. The van der Waals surface area contributed by atoms with Gasteiger partial charge in [0.05, 0.1) is 24.9 Å². The molecule has 3 heterocycles. The first-order chi connectivity index (χ1) is 9.90. The molecule has 0 amide bonds. The summed E-state index contributed by atoms with van der Waals surface area (Å²) < 4.78 is 7.94. The Hall–Kier alpha value is -1.24. The third-order valence-electron chi connectivity index (χ3n) is 3.97. The SMILES string of the molecule is c1cc(-c2nnn3c2COC(CNCC2CC2)C3)cs1. The minimum Gasteiger partial charge on any atom is -0.369 e. The van der Waals surface area contributed by atoms with Crippen molar-refractivity contribution < 1.29 is 4.74 Å². The number of rotatable bonds is 5. The highest BCUT2D eigenvalue weighted by atomic mass is 32.1. The molecule has 1 atom stereocenters. The van der Waals surface area contributed by atoms with Crippen LogP contribution in [0.3, 0.4) is 0 Å².